The molecular formula is C14H16BrFN2OS. The van der Waals surface area contributed by atoms with Crippen LogP contribution in [0.15, 0.2) is 16.6 Å². The first kappa shape index (κ1) is 14.2. The normalized spacial score (nSPS) is 16.8. The standard InChI is InChI=1S/C14H16BrFN2OS/c1-19-5-4-14(2-3-14)8-18-12-7-10(16)9(15)6-11(12)17-13(18)20/h6-7H,2-5,8H2,1H3,(H,17,20). The van der Waals surface area contributed by atoms with Crippen LogP contribution < -0.4 is 0 Å². The minimum atomic E-state index is -0.262. The third-order valence-corrected chi connectivity index (χ3v) is 5.03. The summed E-state index contributed by atoms with van der Waals surface area (Å²) < 4.78 is 22.1. The number of rotatable bonds is 5. The molecular weight excluding hydrogens is 343 g/mol. The van der Waals surface area contributed by atoms with E-state index in [2.05, 4.69) is 20.9 Å². The van der Waals surface area contributed by atoms with Gasteiger partial charge in [-0.2, -0.15) is 0 Å². The minimum Gasteiger partial charge on any atom is -0.385 e. The quantitative estimate of drug-likeness (QED) is 0.801. The number of ether oxygens (including phenoxy) is 1. The largest absolute Gasteiger partial charge is 0.385 e. The highest BCUT2D eigenvalue weighted by Crippen LogP contribution is 2.50. The number of fused-ring (bicyclic) bond motifs is 1. The van der Waals surface area contributed by atoms with E-state index in [0.717, 1.165) is 30.6 Å². The van der Waals surface area contributed by atoms with Gasteiger partial charge in [-0.05, 0) is 58.9 Å². The van der Waals surface area contributed by atoms with Gasteiger partial charge >= 0.3 is 0 Å². The van der Waals surface area contributed by atoms with Crippen LogP contribution in [0.5, 0.6) is 0 Å². The molecule has 1 aliphatic carbocycles. The van der Waals surface area contributed by atoms with Crippen molar-refractivity contribution in [3.63, 3.8) is 0 Å². The molecule has 1 heterocycles. The third kappa shape index (κ3) is 2.56. The summed E-state index contributed by atoms with van der Waals surface area (Å²) in [5.74, 6) is -0.262. The Labute approximate surface area is 130 Å². The highest BCUT2D eigenvalue weighted by atomic mass is 79.9. The van der Waals surface area contributed by atoms with Crippen LogP contribution in [0.1, 0.15) is 19.3 Å². The number of H-pyrrole nitrogens is 1. The molecule has 1 aromatic heterocycles. The lowest BCUT2D eigenvalue weighted by atomic mass is 10.0. The van der Waals surface area contributed by atoms with Crippen LogP contribution in [-0.4, -0.2) is 23.3 Å². The predicted molar refractivity (Wildman–Crippen MR) is 82.9 cm³/mol. The highest BCUT2D eigenvalue weighted by molar-refractivity contribution is 9.10. The molecule has 1 saturated carbocycles. The molecule has 0 atom stereocenters. The molecule has 1 aliphatic rings. The second-order valence-corrected chi connectivity index (χ2v) is 6.78. The molecule has 108 valence electrons. The number of nitrogens with one attached hydrogen (secondary N) is 1. The second-order valence-electron chi connectivity index (χ2n) is 5.54. The van der Waals surface area contributed by atoms with Gasteiger partial charge < -0.3 is 14.3 Å². The fourth-order valence-corrected chi connectivity index (χ4v) is 3.24. The van der Waals surface area contributed by atoms with E-state index in [1.54, 1.807) is 13.2 Å². The van der Waals surface area contributed by atoms with Crippen molar-refractivity contribution < 1.29 is 9.13 Å². The van der Waals surface area contributed by atoms with E-state index in [0.29, 0.717) is 9.24 Å². The van der Waals surface area contributed by atoms with Crippen molar-refractivity contribution in [2.45, 2.75) is 25.8 Å². The van der Waals surface area contributed by atoms with E-state index in [1.165, 1.54) is 18.9 Å². The number of halogens is 2. The summed E-state index contributed by atoms with van der Waals surface area (Å²) in [6, 6.07) is 3.28. The van der Waals surface area contributed by atoms with Crippen LogP contribution in [0, 0.1) is 16.0 Å². The van der Waals surface area contributed by atoms with E-state index in [1.807, 2.05) is 4.57 Å². The van der Waals surface area contributed by atoms with E-state index in [9.17, 15) is 4.39 Å². The van der Waals surface area contributed by atoms with E-state index >= 15 is 0 Å². The average Bonchev–Trinajstić information content (AvgIpc) is 3.12. The number of methoxy groups -OCH3 is 1. The molecule has 2 aromatic rings. The van der Waals surface area contributed by atoms with E-state index in [4.69, 9.17) is 17.0 Å². The SMILES string of the molecule is COCCC1(Cn2c(=S)[nH]c3cc(Br)c(F)cc32)CC1. The number of aromatic nitrogens is 2. The van der Waals surface area contributed by atoms with Crippen LogP contribution in [0.2, 0.25) is 0 Å². The van der Waals surface area contributed by atoms with Gasteiger partial charge in [0.1, 0.15) is 5.82 Å². The number of imidazole rings is 1. The Morgan fingerprint density at radius 2 is 2.25 bits per heavy atom. The fraction of sp³-hybridized carbons (Fsp3) is 0.500. The lowest BCUT2D eigenvalue weighted by Crippen LogP contribution is -2.14. The van der Waals surface area contributed by atoms with E-state index < -0.39 is 0 Å². The number of aromatic amines is 1. The minimum absolute atomic E-state index is 0.262. The van der Waals surface area contributed by atoms with Gasteiger partial charge in [0, 0.05) is 26.3 Å². The van der Waals surface area contributed by atoms with Crippen molar-refractivity contribution in [3.8, 4) is 0 Å². The van der Waals surface area contributed by atoms with Gasteiger partial charge in [0.25, 0.3) is 0 Å². The number of nitrogens with zero attached hydrogens (tertiary/aromatic N) is 1. The molecule has 0 radical (unpaired) electrons. The second kappa shape index (κ2) is 5.24. The Morgan fingerprint density at radius 3 is 2.90 bits per heavy atom. The molecule has 3 nitrogen and oxygen atoms in total. The Hall–Kier alpha value is -0.720. The summed E-state index contributed by atoms with van der Waals surface area (Å²) in [7, 11) is 1.72. The first-order valence-electron chi connectivity index (χ1n) is 6.61. The Morgan fingerprint density at radius 1 is 1.50 bits per heavy atom. The average molecular weight is 359 g/mol. The van der Waals surface area contributed by atoms with Gasteiger partial charge in [-0.1, -0.05) is 0 Å². The lowest BCUT2D eigenvalue weighted by molar-refractivity contribution is 0.167. The molecule has 0 unspecified atom stereocenters. The highest BCUT2D eigenvalue weighted by Gasteiger charge is 2.42. The first-order valence-corrected chi connectivity index (χ1v) is 7.81. The van der Waals surface area contributed by atoms with Gasteiger partial charge in [-0.3, -0.25) is 0 Å². The maximum atomic E-state index is 13.8. The molecule has 0 amide bonds. The van der Waals surface area contributed by atoms with Gasteiger partial charge in [0.05, 0.1) is 15.5 Å². The van der Waals surface area contributed by atoms with Crippen LogP contribution >= 0.6 is 28.1 Å². The number of benzene rings is 1. The van der Waals surface area contributed by atoms with Crippen LogP contribution in [-0.2, 0) is 11.3 Å². The van der Waals surface area contributed by atoms with Crippen molar-refractivity contribution in [3.05, 3.63) is 27.2 Å². The maximum Gasteiger partial charge on any atom is 0.178 e. The molecule has 20 heavy (non-hydrogen) atoms. The van der Waals surface area contributed by atoms with Crippen LogP contribution in [0.4, 0.5) is 4.39 Å². The molecule has 1 aromatic carbocycles. The molecule has 3 rings (SSSR count). The number of hydrogen-bond acceptors (Lipinski definition) is 2. The molecule has 0 spiro atoms. The zero-order chi connectivity index (χ0) is 14.3. The monoisotopic (exact) mass is 358 g/mol. The maximum absolute atomic E-state index is 13.8. The fourth-order valence-electron chi connectivity index (χ4n) is 2.63. The topological polar surface area (TPSA) is 29.9 Å². The van der Waals surface area contributed by atoms with Crippen molar-refractivity contribution in [1.29, 1.82) is 0 Å². The van der Waals surface area contributed by atoms with Gasteiger partial charge in [0.15, 0.2) is 4.77 Å². The lowest BCUT2D eigenvalue weighted by Gasteiger charge is -2.16. The Bertz CT molecular complexity index is 705. The van der Waals surface area contributed by atoms with Crippen molar-refractivity contribution in [2.24, 2.45) is 5.41 Å². The Balaban J connectivity index is 1.97. The summed E-state index contributed by atoms with van der Waals surface area (Å²) in [5, 5.41) is 0. The molecule has 0 aliphatic heterocycles. The predicted octanol–water partition coefficient (Wildman–Crippen LogP) is 4.42. The van der Waals surface area contributed by atoms with Gasteiger partial charge in [-0.25, -0.2) is 4.39 Å². The zero-order valence-electron chi connectivity index (χ0n) is 11.2. The van der Waals surface area contributed by atoms with Crippen LogP contribution in [0.25, 0.3) is 11.0 Å². The smallest absolute Gasteiger partial charge is 0.178 e. The first-order chi connectivity index (χ1) is 9.54. The molecule has 6 heteroatoms. The summed E-state index contributed by atoms with van der Waals surface area (Å²) in [5.41, 5.74) is 1.97. The summed E-state index contributed by atoms with van der Waals surface area (Å²) in [6.07, 6.45) is 3.39. The van der Waals surface area contributed by atoms with E-state index in [-0.39, 0.29) is 11.2 Å². The van der Waals surface area contributed by atoms with Gasteiger partial charge in [0.2, 0.25) is 0 Å². The third-order valence-electron chi connectivity index (χ3n) is 4.10. The molecule has 0 bridgehead atoms. The molecule has 0 saturated heterocycles. The van der Waals surface area contributed by atoms with Crippen molar-refractivity contribution >= 4 is 39.2 Å². The Kier molecular flexibility index (Phi) is 3.73. The summed E-state index contributed by atoms with van der Waals surface area (Å²) in [4.78, 5) is 3.15. The zero-order valence-corrected chi connectivity index (χ0v) is 13.6. The molecule has 1 fully saturated rings. The summed E-state index contributed by atoms with van der Waals surface area (Å²) in [6.45, 7) is 1.59. The van der Waals surface area contributed by atoms with Crippen molar-refractivity contribution in [2.75, 3.05) is 13.7 Å². The number of hydrogen-bond donors (Lipinski definition) is 1. The molecule has 1 N–H and O–H groups in total. The summed E-state index contributed by atoms with van der Waals surface area (Å²) >= 11 is 8.59. The van der Waals surface area contributed by atoms with Crippen LogP contribution in [0.3, 0.4) is 0 Å². The van der Waals surface area contributed by atoms with Crippen molar-refractivity contribution in [1.82, 2.24) is 9.55 Å². The van der Waals surface area contributed by atoms with Gasteiger partial charge in [-0.15, -0.1) is 0 Å².